The SMILES string of the molecule is CC(C)C[C@H](NC(=O)OC(C)(C)C1CCC(F)(F)CC1)C(=O)N[C@@H](C[C@@H]1CC=NC1=O)[C@H](O)S(=O)(=O)O. The van der Waals surface area contributed by atoms with Gasteiger partial charge in [0, 0.05) is 25.0 Å². The van der Waals surface area contributed by atoms with Gasteiger partial charge >= 0.3 is 6.09 Å². The van der Waals surface area contributed by atoms with Gasteiger partial charge in [0.15, 0.2) is 0 Å². The molecule has 0 saturated heterocycles. The van der Waals surface area contributed by atoms with Gasteiger partial charge in [-0.2, -0.15) is 8.42 Å². The van der Waals surface area contributed by atoms with Crippen molar-refractivity contribution in [3.05, 3.63) is 0 Å². The van der Waals surface area contributed by atoms with Crippen LogP contribution < -0.4 is 10.6 Å². The second-order valence-electron chi connectivity index (χ2n) is 10.8. The molecule has 212 valence electrons. The van der Waals surface area contributed by atoms with E-state index in [1.54, 1.807) is 27.7 Å². The maximum absolute atomic E-state index is 13.5. The van der Waals surface area contributed by atoms with Crippen molar-refractivity contribution in [1.82, 2.24) is 10.6 Å². The zero-order valence-corrected chi connectivity index (χ0v) is 22.3. The highest BCUT2D eigenvalue weighted by molar-refractivity contribution is 7.86. The summed E-state index contributed by atoms with van der Waals surface area (Å²) in [6, 6.07) is -2.78. The fourth-order valence-electron chi connectivity index (χ4n) is 4.65. The number of hydrogen-bond acceptors (Lipinski definition) is 7. The number of alkyl halides is 2. The standard InChI is InChI=1S/C23H37F2N3O8S/c1-13(2)11-16(28-21(32)36-22(3,4)15-5-8-23(24,25)9-6-15)19(30)27-17(20(31)37(33,34)35)12-14-7-10-26-18(14)29/h10,13-17,20,31H,5-9,11-12H2,1-4H3,(H,27,30)(H,28,32)(H,33,34,35)/t14-,16-,17-,20+/m0/s1. The number of ether oxygens (including phenoxy) is 1. The van der Waals surface area contributed by atoms with Crippen molar-refractivity contribution in [3.63, 3.8) is 0 Å². The molecule has 14 heteroatoms. The van der Waals surface area contributed by atoms with E-state index < -0.39 is 63.0 Å². The summed E-state index contributed by atoms with van der Waals surface area (Å²) in [6.45, 7) is 6.77. The Labute approximate surface area is 215 Å². The quantitative estimate of drug-likeness (QED) is 0.283. The van der Waals surface area contributed by atoms with Crippen LogP contribution in [0.1, 0.15) is 72.6 Å². The molecule has 1 aliphatic carbocycles. The second kappa shape index (κ2) is 12.1. The number of hydrogen-bond donors (Lipinski definition) is 4. The Bertz CT molecular complexity index is 976. The Morgan fingerprint density at radius 1 is 1.24 bits per heavy atom. The minimum absolute atomic E-state index is 0.108. The molecule has 1 fully saturated rings. The van der Waals surface area contributed by atoms with Gasteiger partial charge in [-0.15, -0.1) is 0 Å². The van der Waals surface area contributed by atoms with E-state index in [0.29, 0.717) is 0 Å². The molecule has 3 amide bonds. The zero-order chi connectivity index (χ0) is 28.2. The maximum Gasteiger partial charge on any atom is 0.408 e. The zero-order valence-electron chi connectivity index (χ0n) is 21.4. The summed E-state index contributed by atoms with van der Waals surface area (Å²) in [5.74, 6) is -5.38. The molecule has 1 aliphatic heterocycles. The predicted octanol–water partition coefficient (Wildman–Crippen LogP) is 2.43. The van der Waals surface area contributed by atoms with Crippen LogP contribution in [0.15, 0.2) is 4.99 Å². The van der Waals surface area contributed by atoms with Crippen LogP contribution in [0.2, 0.25) is 0 Å². The number of carbonyl (C=O) groups is 3. The number of alkyl carbamates (subject to hydrolysis) is 1. The Balaban J connectivity index is 2.11. The lowest BCUT2D eigenvalue weighted by Gasteiger charge is -2.38. The molecule has 0 spiro atoms. The molecular weight excluding hydrogens is 516 g/mol. The van der Waals surface area contributed by atoms with Gasteiger partial charge in [0.05, 0.1) is 6.04 Å². The van der Waals surface area contributed by atoms with Crippen molar-refractivity contribution in [3.8, 4) is 0 Å². The molecule has 2 rings (SSSR count). The molecule has 0 bridgehead atoms. The Hall–Kier alpha value is -2.19. The number of nitrogens with zero attached hydrogens (tertiary/aromatic N) is 1. The summed E-state index contributed by atoms with van der Waals surface area (Å²) in [5, 5.41) is 14.9. The van der Waals surface area contributed by atoms with E-state index in [1.165, 1.54) is 6.21 Å². The molecule has 0 unspecified atom stereocenters. The van der Waals surface area contributed by atoms with Gasteiger partial charge in [0.2, 0.25) is 23.2 Å². The largest absolute Gasteiger partial charge is 0.443 e. The van der Waals surface area contributed by atoms with Crippen LogP contribution in [0.3, 0.4) is 0 Å². The van der Waals surface area contributed by atoms with Crippen LogP contribution in [0, 0.1) is 17.8 Å². The van der Waals surface area contributed by atoms with Crippen molar-refractivity contribution >= 4 is 34.2 Å². The molecular formula is C23H37F2N3O8S. The van der Waals surface area contributed by atoms with E-state index >= 15 is 0 Å². The first kappa shape index (κ1) is 31.0. The summed E-state index contributed by atoms with van der Waals surface area (Å²) in [5.41, 5.74) is -3.51. The van der Waals surface area contributed by atoms with Crippen LogP contribution in [0.5, 0.6) is 0 Å². The van der Waals surface area contributed by atoms with Crippen molar-refractivity contribution in [2.24, 2.45) is 22.7 Å². The number of nitrogens with one attached hydrogen (secondary N) is 2. The predicted molar refractivity (Wildman–Crippen MR) is 130 cm³/mol. The smallest absolute Gasteiger partial charge is 0.408 e. The molecule has 2 aliphatic rings. The minimum atomic E-state index is -5.00. The lowest BCUT2D eigenvalue weighted by molar-refractivity contribution is -0.126. The summed E-state index contributed by atoms with van der Waals surface area (Å²) in [7, 11) is -5.00. The van der Waals surface area contributed by atoms with E-state index in [4.69, 9.17) is 4.74 Å². The van der Waals surface area contributed by atoms with Gasteiger partial charge < -0.3 is 20.5 Å². The summed E-state index contributed by atoms with van der Waals surface area (Å²) < 4.78 is 65.1. The topological polar surface area (TPSA) is 171 Å². The van der Waals surface area contributed by atoms with E-state index in [0.717, 1.165) is 0 Å². The molecule has 37 heavy (non-hydrogen) atoms. The van der Waals surface area contributed by atoms with Crippen molar-refractivity contribution in [2.45, 2.75) is 102 Å². The number of halogens is 2. The highest BCUT2D eigenvalue weighted by Gasteiger charge is 2.43. The fourth-order valence-corrected chi connectivity index (χ4v) is 5.24. The van der Waals surface area contributed by atoms with Gasteiger partial charge in [-0.25, -0.2) is 18.6 Å². The molecule has 0 aromatic heterocycles. The highest BCUT2D eigenvalue weighted by Crippen LogP contribution is 2.41. The highest BCUT2D eigenvalue weighted by atomic mass is 32.2. The van der Waals surface area contributed by atoms with Crippen LogP contribution in [-0.2, 0) is 24.4 Å². The van der Waals surface area contributed by atoms with Crippen LogP contribution >= 0.6 is 0 Å². The minimum Gasteiger partial charge on any atom is -0.443 e. The maximum atomic E-state index is 13.5. The van der Waals surface area contributed by atoms with E-state index in [9.17, 15) is 41.2 Å². The Kier molecular flexibility index (Phi) is 10.2. The lowest BCUT2D eigenvalue weighted by atomic mass is 9.77. The molecule has 11 nitrogen and oxygen atoms in total. The van der Waals surface area contributed by atoms with Crippen molar-refractivity contribution < 1.29 is 46.0 Å². The Morgan fingerprint density at radius 2 is 1.84 bits per heavy atom. The third-order valence-electron chi connectivity index (χ3n) is 6.84. The average molecular weight is 554 g/mol. The normalized spacial score (nSPS) is 22.9. The van der Waals surface area contributed by atoms with E-state index in [2.05, 4.69) is 15.6 Å². The van der Waals surface area contributed by atoms with E-state index in [1.807, 2.05) is 0 Å². The number of rotatable bonds is 11. The van der Waals surface area contributed by atoms with E-state index in [-0.39, 0.29) is 56.8 Å². The first-order valence-electron chi connectivity index (χ1n) is 12.3. The molecule has 1 heterocycles. The summed E-state index contributed by atoms with van der Waals surface area (Å²) in [6.07, 6.45) is 0.0538. The van der Waals surface area contributed by atoms with Gasteiger partial charge in [-0.3, -0.25) is 14.1 Å². The van der Waals surface area contributed by atoms with Gasteiger partial charge in [0.1, 0.15) is 11.6 Å². The van der Waals surface area contributed by atoms with Gasteiger partial charge in [-0.1, -0.05) is 13.8 Å². The van der Waals surface area contributed by atoms with Crippen LogP contribution in [0.4, 0.5) is 13.6 Å². The molecule has 0 radical (unpaired) electrons. The summed E-state index contributed by atoms with van der Waals surface area (Å²) in [4.78, 5) is 41.3. The van der Waals surface area contributed by atoms with Crippen LogP contribution in [0.25, 0.3) is 0 Å². The average Bonchev–Trinajstić information content (AvgIpc) is 3.14. The van der Waals surface area contributed by atoms with Crippen molar-refractivity contribution in [2.75, 3.05) is 0 Å². The molecule has 4 N–H and O–H groups in total. The third-order valence-corrected chi connectivity index (χ3v) is 7.78. The monoisotopic (exact) mass is 553 g/mol. The first-order chi connectivity index (χ1) is 16.9. The van der Waals surface area contributed by atoms with Gasteiger partial charge in [-0.05, 0) is 57.8 Å². The number of aliphatic hydroxyl groups excluding tert-OH is 1. The Morgan fingerprint density at radius 3 is 2.32 bits per heavy atom. The summed E-state index contributed by atoms with van der Waals surface area (Å²) >= 11 is 0. The fraction of sp³-hybridized carbons (Fsp3) is 0.826. The van der Waals surface area contributed by atoms with Gasteiger partial charge in [0.25, 0.3) is 10.1 Å². The number of aliphatic imine (C=N–C) groups is 1. The van der Waals surface area contributed by atoms with Crippen LogP contribution in [-0.4, -0.2) is 71.2 Å². The lowest BCUT2D eigenvalue weighted by Crippen LogP contribution is -2.55. The number of amides is 3. The number of carbonyl (C=O) groups excluding carboxylic acids is 3. The third kappa shape index (κ3) is 9.25. The molecule has 1 saturated carbocycles. The molecule has 4 atom stereocenters. The first-order valence-corrected chi connectivity index (χ1v) is 13.8. The molecule has 0 aromatic rings. The van der Waals surface area contributed by atoms with Crippen molar-refractivity contribution in [1.29, 1.82) is 0 Å². The second-order valence-corrected chi connectivity index (χ2v) is 12.3. The number of aliphatic hydroxyl groups is 1. The molecule has 0 aromatic carbocycles.